The summed E-state index contributed by atoms with van der Waals surface area (Å²) in [6.07, 6.45) is 1.12. The normalized spacial score (nSPS) is 20.4. The van der Waals surface area contributed by atoms with Gasteiger partial charge < -0.3 is 0 Å². The van der Waals surface area contributed by atoms with Crippen molar-refractivity contribution in [2.24, 2.45) is 0 Å². The fraction of sp³-hybridized carbons (Fsp3) is 0.500. The van der Waals surface area contributed by atoms with E-state index in [1.54, 1.807) is 0 Å². The van der Waals surface area contributed by atoms with E-state index in [0.717, 1.165) is 18.7 Å². The summed E-state index contributed by atoms with van der Waals surface area (Å²) < 4.78 is 0. The van der Waals surface area contributed by atoms with Crippen molar-refractivity contribution >= 4 is 0 Å². The molecule has 1 nitrogen and oxygen atoms in total. The van der Waals surface area contributed by atoms with Crippen LogP contribution in [0.4, 0.5) is 0 Å². The highest BCUT2D eigenvalue weighted by Crippen LogP contribution is 2.03. The maximum atomic E-state index is 3.88. The van der Waals surface area contributed by atoms with Crippen molar-refractivity contribution in [3.05, 3.63) is 12.3 Å². The average molecular weight is 68.1 g/mol. The van der Waals surface area contributed by atoms with Crippen molar-refractivity contribution < 1.29 is 0 Å². The van der Waals surface area contributed by atoms with E-state index < -0.39 is 0 Å². The van der Waals surface area contributed by atoms with Gasteiger partial charge in [-0.15, -0.1) is 0 Å². The second kappa shape index (κ2) is 0.744. The molecule has 1 saturated heterocycles. The van der Waals surface area contributed by atoms with Crippen LogP contribution in [0.2, 0.25) is 0 Å². The van der Waals surface area contributed by atoms with Gasteiger partial charge in [-0.05, 0) is 0 Å². The first-order chi connectivity index (χ1) is 2.39. The highest BCUT2D eigenvalue weighted by Gasteiger charge is 2.02. The largest absolute Gasteiger partial charge is 0.290 e. The Labute approximate surface area is 31.7 Å². The minimum atomic E-state index is 1.01. The third kappa shape index (κ3) is 0.274. The van der Waals surface area contributed by atoms with Crippen LogP contribution in [-0.2, 0) is 0 Å². The Morgan fingerprint density at radius 3 is 2.20 bits per heavy atom. The van der Waals surface area contributed by atoms with Gasteiger partial charge in [0.1, 0.15) is 0 Å². The molecule has 27 valence electrons. The van der Waals surface area contributed by atoms with E-state index in [4.69, 9.17) is 0 Å². The molecule has 1 heteroatoms. The molecule has 1 rings (SSSR count). The molecule has 1 heterocycles. The molecule has 0 aromatic carbocycles. The summed E-state index contributed by atoms with van der Waals surface area (Å²) in [7, 11) is 0. The molecular weight excluding hydrogens is 62.1 g/mol. The molecule has 1 aliphatic heterocycles. The zero-order valence-corrected chi connectivity index (χ0v) is 3.07. The standard InChI is InChI=1S/C4H6N/c1-4-2-3-5-4/h1-3H2. The van der Waals surface area contributed by atoms with Gasteiger partial charge in [0.05, 0.1) is 0 Å². The van der Waals surface area contributed by atoms with Crippen LogP contribution in [-0.4, -0.2) is 6.54 Å². The van der Waals surface area contributed by atoms with Crippen molar-refractivity contribution in [3.8, 4) is 0 Å². The molecular formula is C4H6N. The van der Waals surface area contributed by atoms with Gasteiger partial charge in [-0.3, -0.25) is 5.32 Å². The molecule has 0 aliphatic carbocycles. The van der Waals surface area contributed by atoms with Gasteiger partial charge in [-0.2, -0.15) is 0 Å². The Balaban J connectivity index is 2.32. The number of nitrogens with zero attached hydrogens (tertiary/aromatic N) is 1. The molecule has 0 atom stereocenters. The highest BCUT2D eigenvalue weighted by molar-refractivity contribution is 4.99. The van der Waals surface area contributed by atoms with Crippen molar-refractivity contribution in [2.75, 3.05) is 6.54 Å². The second-order valence-electron chi connectivity index (χ2n) is 1.20. The molecule has 0 saturated carbocycles. The summed E-state index contributed by atoms with van der Waals surface area (Å²) >= 11 is 0. The van der Waals surface area contributed by atoms with Gasteiger partial charge in [0.25, 0.3) is 0 Å². The minimum Gasteiger partial charge on any atom is -0.290 e. The number of hydrogen-bond acceptors (Lipinski definition) is 0. The fourth-order valence-electron chi connectivity index (χ4n) is 0.270. The summed E-state index contributed by atoms with van der Waals surface area (Å²) in [5, 5.41) is 3.88. The molecule has 1 radical (unpaired) electrons. The van der Waals surface area contributed by atoms with Crippen LogP contribution in [0.15, 0.2) is 12.3 Å². The van der Waals surface area contributed by atoms with Gasteiger partial charge in [0, 0.05) is 18.7 Å². The topological polar surface area (TPSA) is 14.1 Å². The lowest BCUT2D eigenvalue weighted by atomic mass is 10.2. The fourth-order valence-corrected chi connectivity index (χ4v) is 0.270. The summed E-state index contributed by atoms with van der Waals surface area (Å²) in [6.45, 7) is 4.61. The van der Waals surface area contributed by atoms with Gasteiger partial charge in [0.2, 0.25) is 0 Å². The zero-order chi connectivity index (χ0) is 3.70. The monoisotopic (exact) mass is 68.1 g/mol. The Hall–Kier alpha value is -0.460. The van der Waals surface area contributed by atoms with Gasteiger partial charge in [-0.25, -0.2) is 0 Å². The first-order valence-corrected chi connectivity index (χ1v) is 1.75. The third-order valence-corrected chi connectivity index (χ3v) is 0.736. The lowest BCUT2D eigenvalue weighted by molar-refractivity contribution is 0.624. The molecule has 1 aliphatic rings. The van der Waals surface area contributed by atoms with Crippen LogP contribution in [0.1, 0.15) is 6.42 Å². The SMILES string of the molecule is C=C1CC[N]1. The summed E-state index contributed by atoms with van der Waals surface area (Å²) in [5.74, 6) is 0. The Morgan fingerprint density at radius 2 is 2.20 bits per heavy atom. The summed E-state index contributed by atoms with van der Waals surface area (Å²) in [4.78, 5) is 0. The maximum absolute atomic E-state index is 3.88. The first-order valence-electron chi connectivity index (χ1n) is 1.75. The van der Waals surface area contributed by atoms with Crippen molar-refractivity contribution in [3.63, 3.8) is 0 Å². The number of rotatable bonds is 0. The van der Waals surface area contributed by atoms with Crippen molar-refractivity contribution in [2.45, 2.75) is 6.42 Å². The van der Waals surface area contributed by atoms with Crippen LogP contribution in [0.3, 0.4) is 0 Å². The Bertz CT molecular complexity index is 50.7. The van der Waals surface area contributed by atoms with E-state index >= 15 is 0 Å². The maximum Gasteiger partial charge on any atom is 0.0447 e. The molecule has 0 aromatic heterocycles. The predicted octanol–water partition coefficient (Wildman–Crippen LogP) is 0.508. The lowest BCUT2D eigenvalue weighted by Gasteiger charge is -2.12. The van der Waals surface area contributed by atoms with Crippen LogP contribution >= 0.6 is 0 Å². The first kappa shape index (κ1) is 2.76. The smallest absolute Gasteiger partial charge is 0.0447 e. The molecule has 0 amide bonds. The average Bonchev–Trinajstić information content (AvgIpc) is 1.30. The Morgan fingerprint density at radius 1 is 1.80 bits per heavy atom. The molecule has 5 heavy (non-hydrogen) atoms. The van der Waals surface area contributed by atoms with E-state index in [1.165, 1.54) is 0 Å². The zero-order valence-electron chi connectivity index (χ0n) is 3.07. The van der Waals surface area contributed by atoms with Crippen LogP contribution in [0.25, 0.3) is 0 Å². The van der Waals surface area contributed by atoms with Gasteiger partial charge in [-0.1, -0.05) is 6.58 Å². The van der Waals surface area contributed by atoms with E-state index in [-0.39, 0.29) is 0 Å². The van der Waals surface area contributed by atoms with Crippen molar-refractivity contribution in [1.29, 1.82) is 0 Å². The van der Waals surface area contributed by atoms with Crippen LogP contribution in [0, 0.1) is 0 Å². The molecule has 0 bridgehead atoms. The van der Waals surface area contributed by atoms with Crippen molar-refractivity contribution in [1.82, 2.24) is 5.32 Å². The van der Waals surface area contributed by atoms with Gasteiger partial charge >= 0.3 is 0 Å². The highest BCUT2D eigenvalue weighted by atomic mass is 14.9. The minimum absolute atomic E-state index is 1.01. The molecule has 0 spiro atoms. The van der Waals surface area contributed by atoms with E-state index in [9.17, 15) is 0 Å². The third-order valence-electron chi connectivity index (χ3n) is 0.736. The quantitative estimate of drug-likeness (QED) is 0.392. The molecule has 0 aromatic rings. The Kier molecular flexibility index (Phi) is 0.411. The predicted molar refractivity (Wildman–Crippen MR) is 20.8 cm³/mol. The molecule has 1 fully saturated rings. The van der Waals surface area contributed by atoms with E-state index in [2.05, 4.69) is 11.9 Å². The van der Waals surface area contributed by atoms with Gasteiger partial charge in [0.15, 0.2) is 0 Å². The van der Waals surface area contributed by atoms with E-state index in [1.807, 2.05) is 0 Å². The van der Waals surface area contributed by atoms with Crippen LogP contribution < -0.4 is 5.32 Å². The molecule has 0 N–H and O–H groups in total. The lowest BCUT2D eigenvalue weighted by Crippen LogP contribution is -2.17. The molecule has 0 unspecified atom stereocenters. The van der Waals surface area contributed by atoms with Crippen LogP contribution in [0.5, 0.6) is 0 Å². The van der Waals surface area contributed by atoms with E-state index in [0.29, 0.717) is 0 Å². The number of hydrogen-bond donors (Lipinski definition) is 0. The summed E-state index contributed by atoms with van der Waals surface area (Å²) in [5.41, 5.74) is 1.06. The summed E-state index contributed by atoms with van der Waals surface area (Å²) in [6, 6.07) is 0. The second-order valence-corrected chi connectivity index (χ2v) is 1.20.